The number of aromatic amines is 1. The van der Waals surface area contributed by atoms with Crippen molar-refractivity contribution in [3.8, 4) is 22.3 Å². The van der Waals surface area contributed by atoms with Crippen LogP contribution in [0.25, 0.3) is 38.9 Å². The van der Waals surface area contributed by atoms with Gasteiger partial charge in [0.25, 0.3) is 5.92 Å². The zero-order chi connectivity index (χ0) is 28.0. The van der Waals surface area contributed by atoms with Crippen molar-refractivity contribution in [2.75, 3.05) is 19.6 Å². The van der Waals surface area contributed by atoms with Crippen molar-refractivity contribution in [3.63, 3.8) is 0 Å². The zero-order valence-corrected chi connectivity index (χ0v) is 22.2. The summed E-state index contributed by atoms with van der Waals surface area (Å²) in [7, 11) is 0. The number of rotatable bonds is 5. The Morgan fingerprint density at radius 2 is 1.80 bits per heavy atom. The molecule has 0 unspecified atom stereocenters. The number of fused-ring (bicyclic) bond motifs is 2. The number of aromatic nitrogens is 4. The van der Waals surface area contributed by atoms with E-state index in [1.54, 1.807) is 35.8 Å². The molecule has 2 N–H and O–H groups in total. The molecule has 5 aromatic rings. The Labute approximate surface area is 235 Å². The Bertz CT molecular complexity index is 1790. The maximum Gasteiger partial charge on any atom is 0.261 e. The first-order chi connectivity index (χ1) is 19.9. The Morgan fingerprint density at radius 3 is 2.66 bits per heavy atom. The van der Waals surface area contributed by atoms with Crippen LogP contribution in [0.15, 0.2) is 79.4 Å². The van der Waals surface area contributed by atoms with Gasteiger partial charge < -0.3 is 10.3 Å². The minimum Gasteiger partial charge on any atom is -0.337 e. The maximum atomic E-state index is 14.0. The number of alkyl halides is 2. The molecule has 0 spiro atoms. The molecule has 1 saturated heterocycles. The van der Waals surface area contributed by atoms with Gasteiger partial charge in [0.1, 0.15) is 11.6 Å². The standard InChI is InChI=1S/C32H27F3N6/c33-25-3-1-2-22(11-25)28-16-38-17-29-30(28)40-31(39-29)26-6-8-36-14-23-5-4-21(12-27(23)26)24-10-20(13-37-15-24)18-41-9-7-32(34,35)19-41/h1-6,10-13,15-17,36H,7-9,14,18-19H2,(H,39,40). The van der Waals surface area contributed by atoms with Crippen molar-refractivity contribution in [1.29, 1.82) is 0 Å². The molecule has 2 aliphatic rings. The Kier molecular flexibility index (Phi) is 6.40. The van der Waals surface area contributed by atoms with Crippen molar-refractivity contribution in [3.05, 3.63) is 108 Å². The zero-order valence-electron chi connectivity index (χ0n) is 22.2. The van der Waals surface area contributed by atoms with Crippen LogP contribution >= 0.6 is 0 Å². The first kappa shape index (κ1) is 25.6. The number of likely N-dealkylation sites (tertiary alicyclic amines) is 1. The summed E-state index contributed by atoms with van der Waals surface area (Å²) in [5.41, 5.74) is 8.89. The largest absolute Gasteiger partial charge is 0.337 e. The molecule has 41 heavy (non-hydrogen) atoms. The lowest BCUT2D eigenvalue weighted by atomic mass is 9.94. The van der Waals surface area contributed by atoms with E-state index in [2.05, 4.69) is 44.5 Å². The molecule has 0 radical (unpaired) electrons. The van der Waals surface area contributed by atoms with Crippen LogP contribution in [0.1, 0.15) is 28.9 Å². The molecule has 3 aromatic heterocycles. The number of nitrogens with zero attached hydrogens (tertiary/aromatic N) is 4. The SMILES string of the molecule is Fc1cccc(-c2cncc3[nH]c(C4=CCNCc5ccc(-c6cncc(CN7CCC(F)(F)C7)c6)cc54)nc23)c1. The predicted octanol–water partition coefficient (Wildman–Crippen LogP) is 6.20. The molecule has 0 bridgehead atoms. The number of hydrogen-bond acceptors (Lipinski definition) is 5. The van der Waals surface area contributed by atoms with E-state index in [-0.39, 0.29) is 18.8 Å². The van der Waals surface area contributed by atoms with Gasteiger partial charge in [-0.2, -0.15) is 0 Å². The van der Waals surface area contributed by atoms with E-state index in [9.17, 15) is 13.2 Å². The summed E-state index contributed by atoms with van der Waals surface area (Å²) >= 11 is 0. The third-order valence-electron chi connectivity index (χ3n) is 7.73. The van der Waals surface area contributed by atoms with E-state index >= 15 is 0 Å². The number of benzene rings is 2. The number of imidazole rings is 1. The fourth-order valence-electron chi connectivity index (χ4n) is 5.74. The summed E-state index contributed by atoms with van der Waals surface area (Å²) in [6.07, 6.45) is 9.01. The van der Waals surface area contributed by atoms with Gasteiger partial charge in [0.2, 0.25) is 0 Å². The molecule has 6 nitrogen and oxygen atoms in total. The number of halogens is 3. The molecule has 2 aliphatic heterocycles. The molecule has 1 fully saturated rings. The Morgan fingerprint density at radius 1 is 0.902 bits per heavy atom. The fraction of sp³-hybridized carbons (Fsp3) is 0.219. The third-order valence-corrected chi connectivity index (χ3v) is 7.73. The van der Waals surface area contributed by atoms with Crippen molar-refractivity contribution in [2.24, 2.45) is 0 Å². The molecule has 7 rings (SSSR count). The van der Waals surface area contributed by atoms with Gasteiger partial charge in [-0.3, -0.25) is 14.9 Å². The Hall–Kier alpha value is -4.34. The highest BCUT2D eigenvalue weighted by Gasteiger charge is 2.37. The lowest BCUT2D eigenvalue weighted by molar-refractivity contribution is 0.0115. The minimum atomic E-state index is -2.62. The monoisotopic (exact) mass is 552 g/mol. The van der Waals surface area contributed by atoms with Gasteiger partial charge in [-0.25, -0.2) is 18.2 Å². The van der Waals surface area contributed by atoms with Crippen molar-refractivity contribution < 1.29 is 13.2 Å². The lowest BCUT2D eigenvalue weighted by Crippen LogP contribution is -2.24. The number of nitrogens with one attached hydrogen (secondary N) is 2. The smallest absolute Gasteiger partial charge is 0.261 e. The second-order valence-electron chi connectivity index (χ2n) is 10.7. The summed E-state index contributed by atoms with van der Waals surface area (Å²) in [6, 6.07) is 14.8. The summed E-state index contributed by atoms with van der Waals surface area (Å²) < 4.78 is 41.4. The highest BCUT2D eigenvalue weighted by Crippen LogP contribution is 2.34. The van der Waals surface area contributed by atoms with Gasteiger partial charge in [-0.15, -0.1) is 0 Å². The van der Waals surface area contributed by atoms with E-state index in [4.69, 9.17) is 4.98 Å². The molecule has 0 aliphatic carbocycles. The molecule has 9 heteroatoms. The van der Waals surface area contributed by atoms with Gasteiger partial charge in [0.15, 0.2) is 0 Å². The summed E-state index contributed by atoms with van der Waals surface area (Å²) in [4.78, 5) is 19.0. The number of pyridine rings is 2. The van der Waals surface area contributed by atoms with Crippen LogP contribution in [0.2, 0.25) is 0 Å². The van der Waals surface area contributed by atoms with Crippen LogP contribution in [0.4, 0.5) is 13.2 Å². The predicted molar refractivity (Wildman–Crippen MR) is 153 cm³/mol. The van der Waals surface area contributed by atoms with Crippen LogP contribution in [-0.2, 0) is 13.1 Å². The van der Waals surface area contributed by atoms with E-state index < -0.39 is 5.92 Å². The van der Waals surface area contributed by atoms with Crippen LogP contribution in [0.3, 0.4) is 0 Å². The van der Waals surface area contributed by atoms with Crippen LogP contribution in [-0.4, -0.2) is 50.4 Å². The van der Waals surface area contributed by atoms with Crippen molar-refractivity contribution in [1.82, 2.24) is 30.2 Å². The van der Waals surface area contributed by atoms with E-state index in [0.717, 1.165) is 50.0 Å². The summed E-state index contributed by atoms with van der Waals surface area (Å²) in [5.74, 6) is -2.23. The molecular weight excluding hydrogens is 525 g/mol. The quantitative estimate of drug-likeness (QED) is 0.272. The average Bonchev–Trinajstić information content (AvgIpc) is 3.48. The van der Waals surface area contributed by atoms with E-state index in [1.807, 2.05) is 12.1 Å². The second-order valence-corrected chi connectivity index (χ2v) is 10.7. The van der Waals surface area contributed by atoms with Crippen LogP contribution < -0.4 is 5.32 Å². The molecule has 206 valence electrons. The van der Waals surface area contributed by atoms with Crippen molar-refractivity contribution in [2.45, 2.75) is 25.4 Å². The second kappa shape index (κ2) is 10.2. The van der Waals surface area contributed by atoms with Gasteiger partial charge in [0, 0.05) is 67.9 Å². The maximum absolute atomic E-state index is 14.0. The van der Waals surface area contributed by atoms with Crippen molar-refractivity contribution >= 4 is 16.6 Å². The van der Waals surface area contributed by atoms with Crippen LogP contribution in [0.5, 0.6) is 0 Å². The molecule has 2 aromatic carbocycles. The summed E-state index contributed by atoms with van der Waals surface area (Å²) in [6.45, 7) is 1.98. The van der Waals surface area contributed by atoms with E-state index in [0.29, 0.717) is 37.6 Å². The number of H-pyrrole nitrogens is 1. The van der Waals surface area contributed by atoms with Crippen LogP contribution in [0, 0.1) is 5.82 Å². The molecular formula is C32H27F3N6. The molecule has 0 amide bonds. The highest BCUT2D eigenvalue weighted by atomic mass is 19.3. The fourth-order valence-corrected chi connectivity index (χ4v) is 5.74. The first-order valence-electron chi connectivity index (χ1n) is 13.6. The third kappa shape index (κ3) is 5.14. The highest BCUT2D eigenvalue weighted by molar-refractivity contribution is 5.94. The lowest BCUT2D eigenvalue weighted by Gasteiger charge is -2.16. The molecule has 0 atom stereocenters. The Balaban J connectivity index is 1.25. The molecule has 0 saturated carbocycles. The topological polar surface area (TPSA) is 69.7 Å². The first-order valence-corrected chi connectivity index (χ1v) is 13.6. The molecule has 5 heterocycles. The summed E-state index contributed by atoms with van der Waals surface area (Å²) in [5, 5.41) is 3.44. The normalized spacial score (nSPS) is 16.9. The van der Waals surface area contributed by atoms with Gasteiger partial charge in [-0.1, -0.05) is 30.3 Å². The van der Waals surface area contributed by atoms with Gasteiger partial charge >= 0.3 is 0 Å². The minimum absolute atomic E-state index is 0.102. The average molecular weight is 553 g/mol. The van der Waals surface area contributed by atoms with Gasteiger partial charge in [0.05, 0.1) is 23.8 Å². The number of hydrogen-bond donors (Lipinski definition) is 2. The van der Waals surface area contributed by atoms with Gasteiger partial charge in [-0.05, 0) is 52.1 Å². The van der Waals surface area contributed by atoms with E-state index in [1.165, 1.54) is 12.1 Å².